The average Bonchev–Trinajstić information content (AvgIpc) is 3.62. The summed E-state index contributed by atoms with van der Waals surface area (Å²) in [5.74, 6) is -0.255. The molecular weight excluding hydrogens is 419 g/mol. The molecule has 2 aromatic carbocycles. The molecule has 6 heterocycles. The molecule has 3 aliphatic heterocycles. The Morgan fingerprint density at radius 2 is 1.97 bits per heavy atom. The maximum absolute atomic E-state index is 14.2. The Hall–Kier alpha value is -2.91. The molecule has 2 fully saturated rings. The summed E-state index contributed by atoms with van der Waals surface area (Å²) in [6.45, 7) is 0.554. The molecule has 0 radical (unpaired) electrons. The van der Waals surface area contributed by atoms with Gasteiger partial charge in [-0.2, -0.15) is 0 Å². The fraction of sp³-hybridized carbons (Fsp3) is 0.217. The first-order chi connectivity index (χ1) is 15.1. The highest BCUT2D eigenvalue weighted by Gasteiger charge is 2.62. The molecule has 6 nitrogen and oxygen atoms in total. The lowest BCUT2D eigenvalue weighted by Crippen LogP contribution is -2.41. The van der Waals surface area contributed by atoms with Crippen molar-refractivity contribution < 1.29 is 23.0 Å². The van der Waals surface area contributed by atoms with E-state index >= 15 is 0 Å². The topological polar surface area (TPSA) is 68.3 Å². The molecular formula is C23H15FN2O4S. The summed E-state index contributed by atoms with van der Waals surface area (Å²) in [7, 11) is 1.98. The van der Waals surface area contributed by atoms with Crippen molar-refractivity contribution in [2.75, 3.05) is 6.61 Å². The molecule has 3 aromatic heterocycles. The second-order valence-corrected chi connectivity index (χ2v) is 9.36. The summed E-state index contributed by atoms with van der Waals surface area (Å²) in [6, 6.07) is 8.94. The predicted molar refractivity (Wildman–Crippen MR) is 114 cm³/mol. The van der Waals surface area contributed by atoms with E-state index in [9.17, 15) is 4.39 Å². The normalized spacial score (nSPS) is 27.2. The molecule has 0 aliphatic carbocycles. The van der Waals surface area contributed by atoms with E-state index in [0.717, 1.165) is 54.4 Å². The first kappa shape index (κ1) is 16.7. The second-order valence-electron chi connectivity index (χ2n) is 8.45. The molecule has 154 valence electrons. The maximum atomic E-state index is 14.2. The molecule has 3 atom stereocenters. The van der Waals surface area contributed by atoms with Gasteiger partial charge in [-0.1, -0.05) is 0 Å². The Kier molecular flexibility index (Phi) is 2.85. The third-order valence-corrected chi connectivity index (χ3v) is 7.58. The van der Waals surface area contributed by atoms with Crippen LogP contribution < -0.4 is 5.32 Å². The van der Waals surface area contributed by atoms with Gasteiger partial charge in [0.1, 0.15) is 18.1 Å². The van der Waals surface area contributed by atoms with Gasteiger partial charge in [0, 0.05) is 57.0 Å². The van der Waals surface area contributed by atoms with Gasteiger partial charge in [0.05, 0.1) is 6.61 Å². The molecule has 8 rings (SSSR count). The van der Waals surface area contributed by atoms with Gasteiger partial charge in [0.25, 0.3) is 0 Å². The number of thiophene rings is 1. The quantitative estimate of drug-likeness (QED) is 0.318. The van der Waals surface area contributed by atoms with Crippen LogP contribution >= 0.6 is 11.3 Å². The molecule has 1 N–H and O–H groups in total. The van der Waals surface area contributed by atoms with Crippen LogP contribution in [0.4, 0.5) is 4.39 Å². The van der Waals surface area contributed by atoms with E-state index in [1.807, 2.05) is 29.8 Å². The van der Waals surface area contributed by atoms with Crippen LogP contribution in [0, 0.1) is 5.82 Å². The number of epoxide rings is 2. The number of nitrogens with zero attached hydrogens (tertiary/aromatic N) is 1. The summed E-state index contributed by atoms with van der Waals surface area (Å²) in [6.07, 6.45) is 1.91. The lowest BCUT2D eigenvalue weighted by Gasteiger charge is -2.25. The first-order valence-electron chi connectivity index (χ1n) is 10.1. The largest absolute Gasteiger partial charge is 0.350 e. The van der Waals surface area contributed by atoms with E-state index in [1.165, 1.54) is 6.07 Å². The molecule has 2 saturated heterocycles. The summed E-state index contributed by atoms with van der Waals surface area (Å²) in [5, 5.41) is 7.62. The van der Waals surface area contributed by atoms with Crippen LogP contribution in [0.5, 0.6) is 0 Å². The van der Waals surface area contributed by atoms with Crippen molar-refractivity contribution >= 4 is 54.6 Å². The SMILES string of the molecule is Cn1cc(C2=C(c3csc4cc5ooc5cc34)C3OC3NC23CO3)c2cc(F)ccc21. The van der Waals surface area contributed by atoms with E-state index in [2.05, 4.69) is 16.9 Å². The molecule has 3 unspecified atom stereocenters. The van der Waals surface area contributed by atoms with Crippen molar-refractivity contribution in [3.63, 3.8) is 0 Å². The molecule has 31 heavy (non-hydrogen) atoms. The Balaban J connectivity index is 1.48. The van der Waals surface area contributed by atoms with E-state index < -0.39 is 5.72 Å². The number of fused-ring (bicyclic) bond motifs is 4. The van der Waals surface area contributed by atoms with Gasteiger partial charge in [-0.15, -0.1) is 11.3 Å². The number of hydrogen-bond donors (Lipinski definition) is 1. The smallest absolute Gasteiger partial charge is 0.227 e. The van der Waals surface area contributed by atoms with Crippen LogP contribution in [0.2, 0.25) is 0 Å². The van der Waals surface area contributed by atoms with Gasteiger partial charge in [-0.3, -0.25) is 14.5 Å². The molecule has 8 heteroatoms. The number of nitrogens with one attached hydrogen (secondary N) is 1. The Bertz CT molecular complexity index is 1600. The summed E-state index contributed by atoms with van der Waals surface area (Å²) >= 11 is 1.66. The number of hydrogen-bond acceptors (Lipinski definition) is 6. The van der Waals surface area contributed by atoms with Gasteiger partial charge in [0.2, 0.25) is 11.2 Å². The van der Waals surface area contributed by atoms with E-state index in [4.69, 9.17) is 18.6 Å². The van der Waals surface area contributed by atoms with Crippen molar-refractivity contribution in [1.29, 1.82) is 0 Å². The molecule has 0 amide bonds. The van der Waals surface area contributed by atoms with Crippen LogP contribution in [-0.4, -0.2) is 29.2 Å². The maximum Gasteiger partial charge on any atom is 0.227 e. The highest BCUT2D eigenvalue weighted by Crippen LogP contribution is 2.56. The van der Waals surface area contributed by atoms with E-state index in [1.54, 1.807) is 17.4 Å². The van der Waals surface area contributed by atoms with E-state index in [0.29, 0.717) is 6.61 Å². The molecule has 0 saturated carbocycles. The van der Waals surface area contributed by atoms with Gasteiger partial charge in [-0.25, -0.2) is 4.39 Å². The highest BCUT2D eigenvalue weighted by atomic mass is 32.1. The van der Waals surface area contributed by atoms with Crippen molar-refractivity contribution in [1.82, 2.24) is 9.88 Å². The standard InChI is InChI=1S/C23H15FN2O4S/c1-26-7-13(11-4-10(24)2-3-15(11)26)20-19(21-22(28-21)25-23(20)9-27-23)14-8-31-18-6-17-16(29-30-17)5-12(14)18/h2-8,21-22,25H,9H2,1H3. The third kappa shape index (κ3) is 2.10. The first-order valence-corrected chi connectivity index (χ1v) is 11.0. The summed E-state index contributed by atoms with van der Waals surface area (Å²) < 4.78 is 39.6. The van der Waals surface area contributed by atoms with Crippen molar-refractivity contribution in [2.45, 2.75) is 18.1 Å². The zero-order valence-corrected chi connectivity index (χ0v) is 17.1. The lowest BCUT2D eigenvalue weighted by atomic mass is 9.85. The summed E-state index contributed by atoms with van der Waals surface area (Å²) in [5.41, 5.74) is 6.06. The highest BCUT2D eigenvalue weighted by molar-refractivity contribution is 7.17. The monoisotopic (exact) mass is 434 g/mol. The van der Waals surface area contributed by atoms with Gasteiger partial charge in [-0.05, 0) is 35.2 Å². The summed E-state index contributed by atoms with van der Waals surface area (Å²) in [4.78, 5) is 0. The molecule has 3 aliphatic rings. The minimum atomic E-state index is -0.610. The third-order valence-electron chi connectivity index (χ3n) is 6.63. The van der Waals surface area contributed by atoms with Crippen molar-refractivity contribution in [3.8, 4) is 0 Å². The van der Waals surface area contributed by atoms with E-state index in [-0.39, 0.29) is 18.1 Å². The molecule has 0 bridgehead atoms. The number of aryl methyl sites for hydroxylation is 1. The van der Waals surface area contributed by atoms with Crippen molar-refractivity contribution in [2.24, 2.45) is 7.05 Å². The molecule has 5 aromatic rings. The van der Waals surface area contributed by atoms with Crippen LogP contribution in [0.15, 0.2) is 51.1 Å². The van der Waals surface area contributed by atoms with Crippen LogP contribution in [0.25, 0.3) is 43.3 Å². The Morgan fingerprint density at radius 3 is 2.77 bits per heavy atom. The molecule has 1 spiro atoms. The fourth-order valence-corrected chi connectivity index (χ4v) is 6.02. The van der Waals surface area contributed by atoms with Gasteiger partial charge < -0.3 is 14.0 Å². The van der Waals surface area contributed by atoms with Crippen LogP contribution in [-0.2, 0) is 16.5 Å². The lowest BCUT2D eigenvalue weighted by molar-refractivity contribution is 0.0592. The second kappa shape index (κ2) is 5.28. The predicted octanol–water partition coefficient (Wildman–Crippen LogP) is 4.84. The van der Waals surface area contributed by atoms with Crippen LogP contribution in [0.3, 0.4) is 0 Å². The fourth-order valence-electron chi connectivity index (χ4n) is 5.05. The Morgan fingerprint density at radius 1 is 1.13 bits per heavy atom. The van der Waals surface area contributed by atoms with Crippen LogP contribution in [0.1, 0.15) is 11.1 Å². The van der Waals surface area contributed by atoms with Gasteiger partial charge in [0.15, 0.2) is 5.72 Å². The number of ether oxygens (including phenoxy) is 2. The minimum Gasteiger partial charge on any atom is -0.350 e. The Labute approximate surface area is 178 Å². The number of rotatable bonds is 2. The number of aromatic nitrogens is 1. The zero-order chi connectivity index (χ0) is 20.5. The van der Waals surface area contributed by atoms with Gasteiger partial charge >= 0.3 is 0 Å². The zero-order valence-electron chi connectivity index (χ0n) is 16.3. The minimum absolute atomic E-state index is 0.0744. The average molecular weight is 434 g/mol. The number of benzene rings is 2. The number of halogens is 1. The van der Waals surface area contributed by atoms with Crippen molar-refractivity contribution in [3.05, 3.63) is 58.9 Å².